The van der Waals surface area contributed by atoms with Crippen LogP contribution >= 0.6 is 23.4 Å². The summed E-state index contributed by atoms with van der Waals surface area (Å²) < 4.78 is 0. The highest BCUT2D eigenvalue weighted by atomic mass is 35.5. The number of aromatic amines is 1. The number of imide groups is 1. The number of hydrogen-bond acceptors (Lipinski definition) is 5. The van der Waals surface area contributed by atoms with Gasteiger partial charge >= 0.3 is 6.03 Å². The summed E-state index contributed by atoms with van der Waals surface area (Å²) in [6.07, 6.45) is 0. The number of urea groups is 1. The molecule has 25 heavy (non-hydrogen) atoms. The predicted molar refractivity (Wildman–Crippen MR) is 98.5 cm³/mol. The number of aromatic nitrogens is 3. The Morgan fingerprint density at radius 1 is 1.24 bits per heavy atom. The third-order valence-corrected chi connectivity index (χ3v) is 4.35. The van der Waals surface area contributed by atoms with E-state index >= 15 is 0 Å². The zero-order valence-corrected chi connectivity index (χ0v) is 15.7. The molecular formula is C16H20ClN5O2S. The first kappa shape index (κ1) is 19.3. The van der Waals surface area contributed by atoms with E-state index in [-0.39, 0.29) is 0 Å². The summed E-state index contributed by atoms with van der Waals surface area (Å²) in [7, 11) is 0. The van der Waals surface area contributed by atoms with E-state index in [1.54, 1.807) is 19.1 Å². The number of H-pyrrole nitrogens is 1. The van der Waals surface area contributed by atoms with Crippen molar-refractivity contribution in [2.45, 2.75) is 31.2 Å². The maximum atomic E-state index is 12.0. The summed E-state index contributed by atoms with van der Waals surface area (Å²) in [6, 6.07) is 6.68. The van der Waals surface area contributed by atoms with Gasteiger partial charge in [0.1, 0.15) is 0 Å². The normalized spacial score (nSPS) is 12.0. The molecule has 134 valence electrons. The Morgan fingerprint density at radius 2 is 1.92 bits per heavy atom. The van der Waals surface area contributed by atoms with Gasteiger partial charge in [0.25, 0.3) is 0 Å². The molecule has 2 aromatic rings. The van der Waals surface area contributed by atoms with E-state index in [4.69, 9.17) is 11.6 Å². The predicted octanol–water partition coefficient (Wildman–Crippen LogP) is 3.09. The molecule has 9 heteroatoms. The number of hydrogen-bond donors (Lipinski definition) is 3. The molecule has 1 unspecified atom stereocenters. The van der Waals surface area contributed by atoms with Crippen LogP contribution in [-0.2, 0) is 4.79 Å². The van der Waals surface area contributed by atoms with Gasteiger partial charge in [-0.2, -0.15) is 0 Å². The molecule has 0 bridgehead atoms. The van der Waals surface area contributed by atoms with Crippen molar-refractivity contribution in [3.63, 3.8) is 0 Å². The molecule has 0 saturated carbocycles. The molecule has 0 spiro atoms. The second-order valence-corrected chi connectivity index (χ2v) is 7.57. The first-order valence-electron chi connectivity index (χ1n) is 7.79. The standard InChI is InChI=1S/C16H20ClN5O2S/c1-9(2)8-18-15(24)20-14(23)10(3)25-16-19-13(21-22-16)11-4-6-12(17)7-5-11/h4-7,9-10H,8H2,1-3H3,(H,19,21,22)(H2,18,20,23,24). The Morgan fingerprint density at radius 3 is 2.56 bits per heavy atom. The number of rotatable bonds is 6. The number of carbonyl (C=O) groups is 2. The van der Waals surface area contributed by atoms with Crippen molar-refractivity contribution in [2.75, 3.05) is 6.54 Å². The summed E-state index contributed by atoms with van der Waals surface area (Å²) >= 11 is 7.03. The van der Waals surface area contributed by atoms with Crippen LogP contribution in [0.2, 0.25) is 5.02 Å². The zero-order valence-electron chi connectivity index (χ0n) is 14.2. The van der Waals surface area contributed by atoms with Gasteiger partial charge in [0.2, 0.25) is 11.1 Å². The van der Waals surface area contributed by atoms with Crippen molar-refractivity contribution < 1.29 is 9.59 Å². The maximum absolute atomic E-state index is 12.0. The molecule has 3 N–H and O–H groups in total. The van der Waals surface area contributed by atoms with Gasteiger partial charge in [0, 0.05) is 17.1 Å². The average Bonchev–Trinajstić information content (AvgIpc) is 3.02. The van der Waals surface area contributed by atoms with E-state index in [1.165, 1.54) is 11.8 Å². The first-order valence-corrected chi connectivity index (χ1v) is 9.04. The molecule has 0 aliphatic heterocycles. The van der Waals surface area contributed by atoms with Crippen molar-refractivity contribution in [1.29, 1.82) is 0 Å². The topological polar surface area (TPSA) is 99.8 Å². The summed E-state index contributed by atoms with van der Waals surface area (Å²) in [5, 5.41) is 12.4. The number of carbonyl (C=O) groups excluding carboxylic acids is 2. The molecule has 1 aromatic heterocycles. The lowest BCUT2D eigenvalue weighted by Gasteiger charge is -2.11. The number of nitrogens with one attached hydrogen (secondary N) is 3. The van der Waals surface area contributed by atoms with E-state index in [2.05, 4.69) is 25.8 Å². The van der Waals surface area contributed by atoms with Crippen LogP contribution in [0.4, 0.5) is 4.79 Å². The van der Waals surface area contributed by atoms with Gasteiger partial charge in [-0.15, -0.1) is 5.10 Å². The lowest BCUT2D eigenvalue weighted by Crippen LogP contribution is -2.43. The molecule has 1 atom stereocenters. The maximum Gasteiger partial charge on any atom is 0.321 e. The first-order chi connectivity index (χ1) is 11.8. The van der Waals surface area contributed by atoms with E-state index in [1.807, 2.05) is 26.0 Å². The van der Waals surface area contributed by atoms with E-state index in [0.717, 1.165) is 5.56 Å². The van der Waals surface area contributed by atoms with E-state index in [9.17, 15) is 9.59 Å². The molecule has 0 saturated heterocycles. The van der Waals surface area contributed by atoms with Gasteiger partial charge in [-0.3, -0.25) is 15.2 Å². The Kier molecular flexibility index (Phi) is 6.83. The number of benzene rings is 1. The minimum atomic E-state index is -0.515. The number of nitrogens with zero attached hydrogens (tertiary/aromatic N) is 2. The van der Waals surface area contributed by atoms with Gasteiger partial charge in [-0.05, 0) is 37.1 Å². The summed E-state index contributed by atoms with van der Waals surface area (Å²) in [6.45, 7) is 6.14. The Labute approximate surface area is 155 Å². The third kappa shape index (κ3) is 6.06. The molecule has 2 rings (SSSR count). The highest BCUT2D eigenvalue weighted by molar-refractivity contribution is 8.00. The molecular weight excluding hydrogens is 362 g/mol. The van der Waals surface area contributed by atoms with Gasteiger partial charge < -0.3 is 5.32 Å². The van der Waals surface area contributed by atoms with Crippen LogP contribution in [0.25, 0.3) is 11.4 Å². The fourth-order valence-corrected chi connectivity index (χ4v) is 2.65. The van der Waals surface area contributed by atoms with Gasteiger partial charge in [-0.25, -0.2) is 9.78 Å². The molecule has 0 fully saturated rings. The fraction of sp³-hybridized carbons (Fsp3) is 0.375. The third-order valence-electron chi connectivity index (χ3n) is 3.14. The molecule has 1 aromatic carbocycles. The van der Waals surface area contributed by atoms with Crippen LogP contribution in [-0.4, -0.2) is 38.9 Å². The van der Waals surface area contributed by atoms with Gasteiger partial charge in [0.05, 0.1) is 5.25 Å². The van der Waals surface area contributed by atoms with Crippen LogP contribution in [0, 0.1) is 5.92 Å². The molecule has 0 radical (unpaired) electrons. The van der Waals surface area contributed by atoms with Crippen LogP contribution in [0.1, 0.15) is 20.8 Å². The molecule has 3 amide bonds. The average molecular weight is 382 g/mol. The van der Waals surface area contributed by atoms with Gasteiger partial charge in [-0.1, -0.05) is 37.2 Å². The van der Waals surface area contributed by atoms with E-state index in [0.29, 0.717) is 28.5 Å². The lowest BCUT2D eigenvalue weighted by molar-refractivity contribution is -0.119. The van der Waals surface area contributed by atoms with Crippen LogP contribution in [0.15, 0.2) is 29.4 Å². The minimum Gasteiger partial charge on any atom is -0.338 e. The smallest absolute Gasteiger partial charge is 0.321 e. The number of thioether (sulfide) groups is 1. The SMILES string of the molecule is CC(C)CNC(=O)NC(=O)C(C)Sc1n[nH]c(-c2ccc(Cl)cc2)n1. The summed E-state index contributed by atoms with van der Waals surface area (Å²) in [4.78, 5) is 28.0. The molecule has 0 aliphatic rings. The highest BCUT2D eigenvalue weighted by Gasteiger charge is 2.19. The van der Waals surface area contributed by atoms with Crippen molar-refractivity contribution in [3.05, 3.63) is 29.3 Å². The Hall–Kier alpha value is -2.06. The lowest BCUT2D eigenvalue weighted by atomic mass is 10.2. The number of amides is 3. The zero-order chi connectivity index (χ0) is 18.4. The molecule has 0 aliphatic carbocycles. The quantitative estimate of drug-likeness (QED) is 0.667. The van der Waals surface area contributed by atoms with Crippen molar-refractivity contribution >= 4 is 35.3 Å². The van der Waals surface area contributed by atoms with Crippen molar-refractivity contribution in [2.24, 2.45) is 5.92 Å². The van der Waals surface area contributed by atoms with Crippen LogP contribution < -0.4 is 10.6 Å². The minimum absolute atomic E-state index is 0.312. The highest BCUT2D eigenvalue weighted by Crippen LogP contribution is 2.23. The second-order valence-electron chi connectivity index (χ2n) is 5.83. The van der Waals surface area contributed by atoms with Crippen LogP contribution in [0.5, 0.6) is 0 Å². The van der Waals surface area contributed by atoms with E-state index < -0.39 is 17.2 Å². The molecule has 1 heterocycles. The summed E-state index contributed by atoms with van der Waals surface area (Å²) in [5.41, 5.74) is 0.842. The Bertz CT molecular complexity index is 732. The van der Waals surface area contributed by atoms with Crippen molar-refractivity contribution in [1.82, 2.24) is 25.8 Å². The fourth-order valence-electron chi connectivity index (χ4n) is 1.80. The largest absolute Gasteiger partial charge is 0.338 e. The monoisotopic (exact) mass is 381 g/mol. The molecule has 7 nitrogen and oxygen atoms in total. The van der Waals surface area contributed by atoms with Gasteiger partial charge in [0.15, 0.2) is 5.82 Å². The van der Waals surface area contributed by atoms with Crippen molar-refractivity contribution in [3.8, 4) is 11.4 Å². The summed E-state index contributed by atoms with van der Waals surface area (Å²) in [5.74, 6) is 0.498. The van der Waals surface area contributed by atoms with Crippen LogP contribution in [0.3, 0.4) is 0 Å². The Balaban J connectivity index is 1.90. The second kappa shape index (κ2) is 8.87. The number of halogens is 1.